The summed E-state index contributed by atoms with van der Waals surface area (Å²) in [4.78, 5) is 0. The van der Waals surface area contributed by atoms with Crippen molar-refractivity contribution in [1.29, 1.82) is 0 Å². The fourth-order valence-electron chi connectivity index (χ4n) is 2.52. The highest BCUT2D eigenvalue weighted by atomic mass is 16.7. The first-order valence-corrected chi connectivity index (χ1v) is 7.21. The summed E-state index contributed by atoms with van der Waals surface area (Å²) in [5.74, 6) is 1.14. The van der Waals surface area contributed by atoms with E-state index in [1.807, 2.05) is 32.1 Å². The van der Waals surface area contributed by atoms with Gasteiger partial charge < -0.3 is 29.5 Å². The Balaban J connectivity index is 1.76. The third kappa shape index (κ3) is 2.83. The minimum absolute atomic E-state index is 0.385. The Morgan fingerprint density at radius 2 is 2.00 bits per heavy atom. The lowest BCUT2D eigenvalue weighted by molar-refractivity contribution is -0.116. The zero-order valence-electron chi connectivity index (χ0n) is 12.5. The lowest BCUT2D eigenvalue weighted by Gasteiger charge is -2.28. The predicted molar refractivity (Wildman–Crippen MR) is 78.6 cm³/mol. The molecule has 0 radical (unpaired) electrons. The molecule has 0 amide bonds. The molecule has 3 rings (SSSR count). The maximum absolute atomic E-state index is 9.89. The molecule has 2 aliphatic rings. The molecular weight excluding hydrogens is 288 g/mol. The second-order valence-electron chi connectivity index (χ2n) is 6.06. The molecule has 22 heavy (non-hydrogen) atoms. The summed E-state index contributed by atoms with van der Waals surface area (Å²) >= 11 is 0. The van der Waals surface area contributed by atoms with Gasteiger partial charge in [-0.25, -0.2) is 0 Å². The Morgan fingerprint density at radius 1 is 1.23 bits per heavy atom. The van der Waals surface area contributed by atoms with Crippen LogP contribution in [0.2, 0.25) is 0 Å². The van der Waals surface area contributed by atoms with Gasteiger partial charge in [0, 0.05) is 11.6 Å². The zero-order valence-corrected chi connectivity index (χ0v) is 12.5. The van der Waals surface area contributed by atoms with Gasteiger partial charge >= 0.3 is 0 Å². The number of aliphatic hydroxyl groups is 3. The lowest BCUT2D eigenvalue weighted by Crippen LogP contribution is -2.35. The standard InChI is InChI=1S/C16H20O6/c1-16(2)6-5-9-3-4-10(7-11(9)22-16)20-15-14(19)13(18)12(8-17)21-15/h3-7,12-15,17-19H,8H2,1-2H3/t12-,13-,14-,15-/m1/s1. The Hall–Kier alpha value is -1.60. The third-order valence-electron chi connectivity index (χ3n) is 3.77. The van der Waals surface area contributed by atoms with Crippen LogP contribution in [0.1, 0.15) is 19.4 Å². The van der Waals surface area contributed by atoms with Gasteiger partial charge in [-0.2, -0.15) is 0 Å². The van der Waals surface area contributed by atoms with Crippen molar-refractivity contribution >= 4 is 6.08 Å². The Kier molecular flexibility index (Phi) is 3.86. The summed E-state index contributed by atoms with van der Waals surface area (Å²) in [6.45, 7) is 3.52. The predicted octanol–water partition coefficient (Wildman–Crippen LogP) is 0.689. The van der Waals surface area contributed by atoms with Crippen molar-refractivity contribution in [3.05, 3.63) is 29.8 Å². The van der Waals surface area contributed by atoms with Crippen molar-refractivity contribution in [3.8, 4) is 11.5 Å². The van der Waals surface area contributed by atoms with Crippen LogP contribution in [-0.4, -0.2) is 52.1 Å². The third-order valence-corrected chi connectivity index (χ3v) is 3.77. The van der Waals surface area contributed by atoms with E-state index >= 15 is 0 Å². The van der Waals surface area contributed by atoms with Gasteiger partial charge in [0.2, 0.25) is 6.29 Å². The molecule has 0 saturated carbocycles. The van der Waals surface area contributed by atoms with Gasteiger partial charge in [-0.3, -0.25) is 0 Å². The van der Waals surface area contributed by atoms with Crippen LogP contribution in [0.4, 0.5) is 0 Å². The molecule has 0 unspecified atom stereocenters. The highest BCUT2D eigenvalue weighted by molar-refractivity contribution is 5.62. The summed E-state index contributed by atoms with van der Waals surface area (Å²) in [7, 11) is 0. The number of aliphatic hydroxyl groups excluding tert-OH is 3. The first-order valence-electron chi connectivity index (χ1n) is 7.21. The van der Waals surface area contributed by atoms with Crippen LogP contribution in [0.3, 0.4) is 0 Å². The number of benzene rings is 1. The number of fused-ring (bicyclic) bond motifs is 1. The molecule has 1 fully saturated rings. The van der Waals surface area contributed by atoms with E-state index in [1.165, 1.54) is 0 Å². The molecule has 120 valence electrons. The highest BCUT2D eigenvalue weighted by Crippen LogP contribution is 2.35. The SMILES string of the molecule is CC1(C)C=Cc2ccc(O[C@@H]3O[C@H](CO)[C@@H](O)[C@H]3O)cc2O1. The number of rotatable bonds is 3. The van der Waals surface area contributed by atoms with Crippen molar-refractivity contribution in [1.82, 2.24) is 0 Å². The maximum Gasteiger partial charge on any atom is 0.229 e. The second kappa shape index (κ2) is 5.55. The van der Waals surface area contributed by atoms with Crippen LogP contribution in [0, 0.1) is 0 Å². The molecule has 4 atom stereocenters. The van der Waals surface area contributed by atoms with Crippen LogP contribution in [0.25, 0.3) is 6.08 Å². The Morgan fingerprint density at radius 3 is 2.68 bits per heavy atom. The van der Waals surface area contributed by atoms with Crippen LogP contribution in [-0.2, 0) is 4.74 Å². The average molecular weight is 308 g/mol. The summed E-state index contributed by atoms with van der Waals surface area (Å²) < 4.78 is 16.7. The van der Waals surface area contributed by atoms with Crippen LogP contribution >= 0.6 is 0 Å². The van der Waals surface area contributed by atoms with Gasteiger partial charge in [-0.15, -0.1) is 0 Å². The molecule has 0 spiro atoms. The van der Waals surface area contributed by atoms with Gasteiger partial charge in [0.25, 0.3) is 0 Å². The van der Waals surface area contributed by atoms with E-state index in [2.05, 4.69) is 0 Å². The molecule has 1 aromatic carbocycles. The minimum Gasteiger partial charge on any atom is -0.483 e. The van der Waals surface area contributed by atoms with Crippen molar-refractivity contribution < 1.29 is 29.5 Å². The average Bonchev–Trinajstić information content (AvgIpc) is 2.74. The fraction of sp³-hybridized carbons (Fsp3) is 0.500. The van der Waals surface area contributed by atoms with E-state index in [0.29, 0.717) is 11.5 Å². The number of ether oxygens (including phenoxy) is 3. The topological polar surface area (TPSA) is 88.4 Å². The van der Waals surface area contributed by atoms with Gasteiger partial charge in [0.1, 0.15) is 35.4 Å². The molecule has 3 N–H and O–H groups in total. The largest absolute Gasteiger partial charge is 0.483 e. The quantitative estimate of drug-likeness (QED) is 0.761. The lowest BCUT2D eigenvalue weighted by atomic mass is 10.0. The molecule has 1 aromatic rings. The summed E-state index contributed by atoms with van der Waals surface area (Å²) in [5, 5.41) is 28.7. The molecule has 0 bridgehead atoms. The van der Waals surface area contributed by atoms with Crippen LogP contribution < -0.4 is 9.47 Å². The summed E-state index contributed by atoms with van der Waals surface area (Å²) in [6, 6.07) is 5.30. The molecule has 0 aliphatic carbocycles. The summed E-state index contributed by atoms with van der Waals surface area (Å²) in [6.07, 6.45) is -0.318. The van der Waals surface area contributed by atoms with E-state index in [0.717, 1.165) is 5.56 Å². The maximum atomic E-state index is 9.89. The van der Waals surface area contributed by atoms with E-state index in [9.17, 15) is 10.2 Å². The van der Waals surface area contributed by atoms with Crippen molar-refractivity contribution in [3.63, 3.8) is 0 Å². The first kappa shape index (κ1) is 15.3. The van der Waals surface area contributed by atoms with Gasteiger partial charge in [0.05, 0.1) is 6.61 Å². The molecule has 2 heterocycles. The van der Waals surface area contributed by atoms with E-state index < -0.39 is 30.2 Å². The zero-order chi connectivity index (χ0) is 15.9. The number of hydrogen-bond donors (Lipinski definition) is 3. The molecule has 1 saturated heterocycles. The van der Waals surface area contributed by atoms with Crippen LogP contribution in [0.5, 0.6) is 11.5 Å². The molecule has 6 heteroatoms. The second-order valence-corrected chi connectivity index (χ2v) is 6.06. The van der Waals surface area contributed by atoms with Gasteiger partial charge in [-0.1, -0.05) is 6.08 Å². The van der Waals surface area contributed by atoms with E-state index in [1.54, 1.807) is 12.1 Å². The van der Waals surface area contributed by atoms with Crippen molar-refractivity contribution in [2.24, 2.45) is 0 Å². The molecule has 0 aromatic heterocycles. The highest BCUT2D eigenvalue weighted by Gasteiger charge is 2.44. The monoisotopic (exact) mass is 308 g/mol. The van der Waals surface area contributed by atoms with Crippen molar-refractivity contribution in [2.45, 2.75) is 44.1 Å². The molecule has 2 aliphatic heterocycles. The minimum atomic E-state index is -1.22. The number of hydrogen-bond acceptors (Lipinski definition) is 6. The first-order chi connectivity index (χ1) is 10.4. The molecule has 6 nitrogen and oxygen atoms in total. The summed E-state index contributed by atoms with van der Waals surface area (Å²) in [5.41, 5.74) is 0.542. The van der Waals surface area contributed by atoms with E-state index in [4.69, 9.17) is 19.3 Å². The Bertz CT molecular complexity index is 582. The molecular formula is C16H20O6. The fourth-order valence-corrected chi connectivity index (χ4v) is 2.52. The smallest absolute Gasteiger partial charge is 0.229 e. The van der Waals surface area contributed by atoms with Crippen molar-refractivity contribution in [2.75, 3.05) is 6.61 Å². The van der Waals surface area contributed by atoms with Gasteiger partial charge in [-0.05, 0) is 32.1 Å². The van der Waals surface area contributed by atoms with E-state index in [-0.39, 0.29) is 6.61 Å². The van der Waals surface area contributed by atoms with Gasteiger partial charge in [0.15, 0.2) is 0 Å². The van der Waals surface area contributed by atoms with Crippen LogP contribution in [0.15, 0.2) is 24.3 Å². The Labute approximate surface area is 128 Å². The normalized spacial score (nSPS) is 32.4.